The van der Waals surface area contributed by atoms with E-state index in [9.17, 15) is 21.6 Å². The molecule has 0 atom stereocenters. The van der Waals surface area contributed by atoms with Gasteiger partial charge in [-0.2, -0.15) is 0 Å². The molecule has 168 valence electrons. The van der Waals surface area contributed by atoms with Crippen molar-refractivity contribution in [3.63, 3.8) is 0 Å². The average Bonchev–Trinajstić information content (AvgIpc) is 2.69. The molecule has 0 spiro atoms. The maximum Gasteiger partial charge on any atom is 0.338 e. The molecule has 2 aromatic rings. The van der Waals surface area contributed by atoms with E-state index in [-0.39, 0.29) is 17.3 Å². The van der Waals surface area contributed by atoms with Crippen LogP contribution in [0.25, 0.3) is 0 Å². The third-order valence-electron chi connectivity index (χ3n) is 5.05. The van der Waals surface area contributed by atoms with Gasteiger partial charge in [-0.3, -0.25) is 9.03 Å². The molecule has 0 aliphatic carbocycles. The number of carbonyl (C=O) groups is 1. The summed E-state index contributed by atoms with van der Waals surface area (Å²) in [6.07, 6.45) is 1.39. The summed E-state index contributed by atoms with van der Waals surface area (Å²) >= 11 is 0. The number of hydrogen-bond acceptors (Lipinski definition) is 6. The van der Waals surface area contributed by atoms with Crippen molar-refractivity contribution in [2.24, 2.45) is 0 Å². The Morgan fingerprint density at radius 2 is 1.77 bits per heavy atom. The lowest BCUT2D eigenvalue weighted by Gasteiger charge is -2.30. The highest BCUT2D eigenvalue weighted by atomic mass is 32.2. The molecule has 2 aromatic carbocycles. The van der Waals surface area contributed by atoms with Crippen molar-refractivity contribution in [1.82, 2.24) is 0 Å². The van der Waals surface area contributed by atoms with Gasteiger partial charge >= 0.3 is 5.97 Å². The highest BCUT2D eigenvalue weighted by Crippen LogP contribution is 2.31. The third-order valence-corrected chi connectivity index (χ3v) is 8.43. The van der Waals surface area contributed by atoms with Crippen LogP contribution in [0.2, 0.25) is 0 Å². The summed E-state index contributed by atoms with van der Waals surface area (Å²) in [5, 5.41) is 0. The van der Waals surface area contributed by atoms with Crippen molar-refractivity contribution in [2.45, 2.75) is 38.5 Å². The number of sulfonamides is 2. The number of esters is 1. The summed E-state index contributed by atoms with van der Waals surface area (Å²) < 4.78 is 59.6. The minimum absolute atomic E-state index is 0.0672. The van der Waals surface area contributed by atoms with E-state index in [4.69, 9.17) is 4.74 Å². The van der Waals surface area contributed by atoms with Gasteiger partial charge in [0.25, 0.3) is 10.0 Å². The van der Waals surface area contributed by atoms with Gasteiger partial charge in [0.1, 0.15) is 0 Å². The van der Waals surface area contributed by atoms with Gasteiger partial charge in [-0.05, 0) is 81.1 Å². The molecule has 1 fully saturated rings. The molecular formula is C21H26N2O6S2. The van der Waals surface area contributed by atoms with Crippen LogP contribution in [-0.4, -0.2) is 41.7 Å². The smallest absolute Gasteiger partial charge is 0.338 e. The number of anilines is 2. The highest BCUT2D eigenvalue weighted by Gasteiger charge is 2.28. The van der Waals surface area contributed by atoms with Gasteiger partial charge in [0.05, 0.1) is 28.5 Å². The van der Waals surface area contributed by atoms with E-state index in [0.717, 1.165) is 6.42 Å². The highest BCUT2D eigenvalue weighted by molar-refractivity contribution is 7.93. The summed E-state index contributed by atoms with van der Waals surface area (Å²) in [7, 11) is -7.32. The Balaban J connectivity index is 1.88. The first-order valence-electron chi connectivity index (χ1n) is 9.97. The molecule has 1 saturated heterocycles. The van der Waals surface area contributed by atoms with Crippen molar-refractivity contribution in [2.75, 3.05) is 27.9 Å². The molecule has 1 heterocycles. The number of aryl methyl sites for hydroxylation is 2. The van der Waals surface area contributed by atoms with Crippen molar-refractivity contribution in [3.05, 3.63) is 53.1 Å². The predicted molar refractivity (Wildman–Crippen MR) is 119 cm³/mol. The molecule has 3 rings (SSSR count). The first kappa shape index (κ1) is 23.1. The van der Waals surface area contributed by atoms with E-state index in [2.05, 4.69) is 4.72 Å². The van der Waals surface area contributed by atoms with Gasteiger partial charge in [-0.1, -0.05) is 0 Å². The summed E-state index contributed by atoms with van der Waals surface area (Å²) in [6.45, 7) is 5.68. The number of rotatable bonds is 6. The fraction of sp³-hybridized carbons (Fsp3) is 0.381. The zero-order valence-corrected chi connectivity index (χ0v) is 19.3. The van der Waals surface area contributed by atoms with Crippen LogP contribution >= 0.6 is 0 Å². The molecule has 8 nitrogen and oxygen atoms in total. The lowest BCUT2D eigenvalue weighted by molar-refractivity contribution is 0.0526. The molecule has 10 heteroatoms. The molecule has 31 heavy (non-hydrogen) atoms. The third kappa shape index (κ3) is 5.01. The molecule has 0 radical (unpaired) electrons. The molecule has 0 aromatic heterocycles. The number of benzene rings is 2. The van der Waals surface area contributed by atoms with Gasteiger partial charge in [0, 0.05) is 12.2 Å². The summed E-state index contributed by atoms with van der Waals surface area (Å²) in [4.78, 5) is 11.8. The van der Waals surface area contributed by atoms with Crippen molar-refractivity contribution >= 4 is 37.4 Å². The van der Waals surface area contributed by atoms with Gasteiger partial charge in [0.15, 0.2) is 0 Å². The number of nitrogens with zero attached hydrogens (tertiary/aromatic N) is 1. The maximum atomic E-state index is 13.0. The minimum Gasteiger partial charge on any atom is -0.462 e. The Morgan fingerprint density at radius 3 is 2.39 bits per heavy atom. The first-order valence-corrected chi connectivity index (χ1v) is 13.1. The summed E-state index contributed by atoms with van der Waals surface area (Å²) in [5.74, 6) is -0.388. The molecule has 1 aliphatic rings. The van der Waals surface area contributed by atoms with E-state index in [1.165, 1.54) is 34.6 Å². The normalized spacial score (nSPS) is 16.0. The molecule has 0 saturated carbocycles. The Morgan fingerprint density at radius 1 is 1.10 bits per heavy atom. The molecule has 0 bridgehead atoms. The molecule has 1 N–H and O–H groups in total. The fourth-order valence-corrected chi connectivity index (χ4v) is 6.56. The Labute approximate surface area is 183 Å². The second-order valence-corrected chi connectivity index (χ2v) is 11.1. The molecule has 0 unspecified atom stereocenters. The summed E-state index contributed by atoms with van der Waals surface area (Å²) in [5.41, 5.74) is 2.14. The number of ether oxygens (including phenoxy) is 1. The van der Waals surface area contributed by atoms with E-state index >= 15 is 0 Å². The van der Waals surface area contributed by atoms with Crippen LogP contribution in [-0.2, 0) is 24.8 Å². The topological polar surface area (TPSA) is 110 Å². The summed E-state index contributed by atoms with van der Waals surface area (Å²) in [6, 6.07) is 9.04. The van der Waals surface area contributed by atoms with Crippen molar-refractivity contribution < 1.29 is 26.4 Å². The SMILES string of the molecule is CCOC(=O)c1ccc(NS(=O)(=O)c2cc(C)c(N3CCCCS3(=O)=O)cc2C)cc1. The minimum atomic E-state index is -3.92. The Bertz CT molecular complexity index is 1190. The van der Waals surface area contributed by atoms with Crippen LogP contribution in [0.4, 0.5) is 11.4 Å². The second-order valence-electron chi connectivity index (χ2n) is 7.40. The number of hydrogen-bond donors (Lipinski definition) is 1. The maximum absolute atomic E-state index is 13.0. The van der Waals surface area contributed by atoms with Gasteiger partial charge < -0.3 is 4.74 Å². The van der Waals surface area contributed by atoms with Crippen LogP contribution < -0.4 is 9.03 Å². The zero-order chi connectivity index (χ0) is 22.8. The van der Waals surface area contributed by atoms with Crippen LogP contribution in [0.1, 0.15) is 41.3 Å². The molecule has 1 aliphatic heterocycles. The standard InChI is InChI=1S/C21H26N2O6S2/c1-4-29-21(24)17-7-9-18(10-8-17)22-31(27,28)20-14-15(2)19(13-16(20)3)23-11-5-6-12-30(23,25)26/h7-10,13-14,22H,4-6,11-12H2,1-3H3. The van der Waals surface area contributed by atoms with E-state index in [1.807, 2.05) is 0 Å². The van der Waals surface area contributed by atoms with Gasteiger partial charge in [-0.25, -0.2) is 21.6 Å². The van der Waals surface area contributed by atoms with Crippen molar-refractivity contribution in [1.29, 1.82) is 0 Å². The molecule has 0 amide bonds. The second kappa shape index (κ2) is 8.88. The van der Waals surface area contributed by atoms with Crippen LogP contribution in [0.3, 0.4) is 0 Å². The lowest BCUT2D eigenvalue weighted by atomic mass is 10.1. The first-order chi connectivity index (χ1) is 14.5. The van der Waals surface area contributed by atoms with Crippen LogP contribution in [0.15, 0.2) is 41.3 Å². The van der Waals surface area contributed by atoms with E-state index < -0.39 is 26.0 Å². The molecular weight excluding hydrogens is 440 g/mol. The quantitative estimate of drug-likeness (QED) is 0.655. The van der Waals surface area contributed by atoms with Gasteiger partial charge in [-0.15, -0.1) is 0 Å². The van der Waals surface area contributed by atoms with Crippen LogP contribution in [0, 0.1) is 13.8 Å². The lowest BCUT2D eigenvalue weighted by Crippen LogP contribution is -2.38. The number of carbonyl (C=O) groups excluding carboxylic acids is 1. The Kier molecular flexibility index (Phi) is 6.61. The number of nitrogens with one attached hydrogen (secondary N) is 1. The van der Waals surface area contributed by atoms with Gasteiger partial charge in [0.2, 0.25) is 10.0 Å². The average molecular weight is 467 g/mol. The predicted octanol–water partition coefficient (Wildman–Crippen LogP) is 3.21. The largest absolute Gasteiger partial charge is 0.462 e. The van der Waals surface area contributed by atoms with E-state index in [1.54, 1.807) is 26.8 Å². The zero-order valence-electron chi connectivity index (χ0n) is 17.7. The van der Waals surface area contributed by atoms with E-state index in [0.29, 0.717) is 41.0 Å². The van der Waals surface area contributed by atoms with Crippen LogP contribution in [0.5, 0.6) is 0 Å². The monoisotopic (exact) mass is 466 g/mol. The Hall–Kier alpha value is -2.59. The van der Waals surface area contributed by atoms with Crippen molar-refractivity contribution in [3.8, 4) is 0 Å². The fourth-order valence-electron chi connectivity index (χ4n) is 3.49.